The number of rotatable bonds is 3. The monoisotopic (exact) mass is 218 g/mol. The Balaban J connectivity index is 3.09. The van der Waals surface area contributed by atoms with Crippen LogP contribution in [0.1, 0.15) is 16.8 Å². The second kappa shape index (κ2) is 4.60. The van der Waals surface area contributed by atoms with Gasteiger partial charge >= 0.3 is 0 Å². The van der Waals surface area contributed by atoms with E-state index in [2.05, 4.69) is 37.1 Å². The molecule has 1 aromatic carbocycles. The van der Waals surface area contributed by atoms with E-state index in [1.165, 1.54) is 5.56 Å². The molecule has 1 N–H and O–H groups in total. The van der Waals surface area contributed by atoms with E-state index < -0.39 is 8.07 Å². The van der Waals surface area contributed by atoms with Gasteiger partial charge in [-0.15, -0.1) is 0 Å². The van der Waals surface area contributed by atoms with Gasteiger partial charge in [0.25, 0.3) is 0 Å². The van der Waals surface area contributed by atoms with Gasteiger partial charge in [0.1, 0.15) is 0 Å². The second-order valence-corrected chi connectivity index (χ2v) is 10.1. The summed E-state index contributed by atoms with van der Waals surface area (Å²) in [5.41, 5.74) is 2.38. The summed E-state index contributed by atoms with van der Waals surface area (Å²) in [4.78, 5) is 0. The summed E-state index contributed by atoms with van der Waals surface area (Å²) in [5.74, 6) is 0. The van der Waals surface area contributed by atoms with Crippen LogP contribution >= 0.6 is 0 Å². The van der Waals surface area contributed by atoms with E-state index in [1.807, 2.05) is 25.2 Å². The lowest BCUT2D eigenvalue weighted by atomic mass is 10.1. The fourth-order valence-electron chi connectivity index (χ4n) is 1.89. The first-order chi connectivity index (χ1) is 6.99. The van der Waals surface area contributed by atoms with Crippen LogP contribution in [0.2, 0.25) is 19.6 Å². The van der Waals surface area contributed by atoms with Gasteiger partial charge in [0.05, 0.1) is 19.7 Å². The Morgan fingerprint density at radius 2 is 2.00 bits per heavy atom. The molecule has 1 atom stereocenters. The largest absolute Gasteiger partial charge is 0.316 e. The summed E-state index contributed by atoms with van der Waals surface area (Å²) < 4.78 is 0. The molecule has 1 unspecified atom stereocenters. The molecular formula is C12H18N2Si. The zero-order chi connectivity index (χ0) is 11.5. The molecule has 15 heavy (non-hydrogen) atoms. The molecule has 0 saturated carbocycles. The Bertz CT molecular complexity index is 374. The smallest absolute Gasteiger partial charge is 0.0991 e. The van der Waals surface area contributed by atoms with E-state index >= 15 is 0 Å². The first-order valence-corrected chi connectivity index (χ1v) is 8.74. The Labute approximate surface area is 92.9 Å². The topological polar surface area (TPSA) is 35.8 Å². The van der Waals surface area contributed by atoms with Crippen LogP contribution in [-0.4, -0.2) is 15.1 Å². The van der Waals surface area contributed by atoms with Gasteiger partial charge in [0.15, 0.2) is 0 Å². The lowest BCUT2D eigenvalue weighted by molar-refractivity contribution is 0.751. The predicted octanol–water partition coefficient (Wildman–Crippen LogP) is 2.70. The van der Waals surface area contributed by atoms with Crippen molar-refractivity contribution in [2.24, 2.45) is 0 Å². The normalized spacial score (nSPS) is 13.3. The minimum Gasteiger partial charge on any atom is -0.316 e. The molecule has 2 nitrogen and oxygen atoms in total. The number of nitriles is 1. The van der Waals surface area contributed by atoms with Crippen LogP contribution in [0.15, 0.2) is 24.3 Å². The summed E-state index contributed by atoms with van der Waals surface area (Å²) in [6.45, 7) is 6.98. The van der Waals surface area contributed by atoms with Gasteiger partial charge in [-0.25, -0.2) is 0 Å². The highest BCUT2D eigenvalue weighted by atomic mass is 28.3. The van der Waals surface area contributed by atoms with Crippen molar-refractivity contribution in [3.63, 3.8) is 0 Å². The van der Waals surface area contributed by atoms with E-state index in [-0.39, 0.29) is 0 Å². The first-order valence-electron chi connectivity index (χ1n) is 5.16. The van der Waals surface area contributed by atoms with Crippen LogP contribution in [0.5, 0.6) is 0 Å². The molecular weight excluding hydrogens is 200 g/mol. The highest BCUT2D eigenvalue weighted by Crippen LogP contribution is 2.24. The van der Waals surface area contributed by atoms with Crippen molar-refractivity contribution >= 4 is 8.07 Å². The van der Waals surface area contributed by atoms with E-state index in [9.17, 15) is 0 Å². The number of benzene rings is 1. The fraction of sp³-hybridized carbons (Fsp3) is 0.417. The van der Waals surface area contributed by atoms with E-state index in [4.69, 9.17) is 5.26 Å². The highest BCUT2D eigenvalue weighted by Gasteiger charge is 2.26. The lowest BCUT2D eigenvalue weighted by Gasteiger charge is -2.29. The summed E-state index contributed by atoms with van der Waals surface area (Å²) in [7, 11) is 0.704. The highest BCUT2D eigenvalue weighted by molar-refractivity contribution is 6.77. The number of hydrogen-bond acceptors (Lipinski definition) is 2. The molecule has 0 saturated heterocycles. The number of nitrogens with one attached hydrogen (secondary N) is 1. The van der Waals surface area contributed by atoms with Crippen LogP contribution in [0.25, 0.3) is 0 Å². The molecule has 0 spiro atoms. The summed E-state index contributed by atoms with van der Waals surface area (Å²) >= 11 is 0. The van der Waals surface area contributed by atoms with E-state index in [0.29, 0.717) is 5.67 Å². The maximum absolute atomic E-state index is 8.86. The molecule has 1 rings (SSSR count). The van der Waals surface area contributed by atoms with Gasteiger partial charge in [-0.1, -0.05) is 31.8 Å². The van der Waals surface area contributed by atoms with Gasteiger partial charge in [-0.2, -0.15) is 5.26 Å². The van der Waals surface area contributed by atoms with E-state index in [0.717, 1.165) is 5.56 Å². The molecule has 0 aromatic heterocycles. The van der Waals surface area contributed by atoms with Crippen LogP contribution in [0.4, 0.5) is 0 Å². The minimum atomic E-state index is -1.28. The fourth-order valence-corrected chi connectivity index (χ4v) is 3.93. The zero-order valence-corrected chi connectivity index (χ0v) is 10.8. The Morgan fingerprint density at radius 1 is 1.33 bits per heavy atom. The predicted molar refractivity (Wildman–Crippen MR) is 66.3 cm³/mol. The van der Waals surface area contributed by atoms with Crippen molar-refractivity contribution in [1.82, 2.24) is 5.32 Å². The van der Waals surface area contributed by atoms with Crippen molar-refractivity contribution in [3.05, 3.63) is 35.4 Å². The second-order valence-electron chi connectivity index (χ2n) is 4.82. The summed E-state index contributed by atoms with van der Waals surface area (Å²) in [6, 6.07) is 10.1. The van der Waals surface area contributed by atoms with Gasteiger partial charge in [-0.05, 0) is 24.7 Å². The first kappa shape index (κ1) is 12.0. The van der Waals surface area contributed by atoms with Crippen molar-refractivity contribution in [2.75, 3.05) is 7.05 Å². The SMILES string of the molecule is CNC(c1cccc(C#N)c1)[Si](C)(C)C. The molecule has 0 heterocycles. The Hall–Kier alpha value is -1.11. The molecule has 80 valence electrons. The molecule has 0 fully saturated rings. The van der Waals surface area contributed by atoms with Gasteiger partial charge in [0, 0.05) is 5.67 Å². The quantitative estimate of drug-likeness (QED) is 0.792. The third kappa shape index (κ3) is 2.92. The third-order valence-electron chi connectivity index (χ3n) is 2.50. The average molecular weight is 218 g/mol. The molecule has 0 bridgehead atoms. The molecule has 0 aliphatic carbocycles. The van der Waals surface area contributed by atoms with E-state index in [1.54, 1.807) is 0 Å². The van der Waals surface area contributed by atoms with Gasteiger partial charge < -0.3 is 5.32 Å². The number of nitrogens with zero attached hydrogens (tertiary/aromatic N) is 1. The average Bonchev–Trinajstić information content (AvgIpc) is 2.17. The maximum Gasteiger partial charge on any atom is 0.0991 e. The van der Waals surface area contributed by atoms with Gasteiger partial charge in [0.2, 0.25) is 0 Å². The van der Waals surface area contributed by atoms with Crippen LogP contribution < -0.4 is 5.32 Å². The molecule has 0 amide bonds. The molecule has 0 aliphatic heterocycles. The summed E-state index contributed by atoms with van der Waals surface area (Å²) in [5, 5.41) is 12.2. The maximum atomic E-state index is 8.86. The van der Waals surface area contributed by atoms with Crippen molar-refractivity contribution in [2.45, 2.75) is 25.3 Å². The van der Waals surface area contributed by atoms with Crippen molar-refractivity contribution in [3.8, 4) is 6.07 Å². The molecule has 3 heteroatoms. The molecule has 0 radical (unpaired) electrons. The molecule has 0 aliphatic rings. The van der Waals surface area contributed by atoms with Crippen molar-refractivity contribution < 1.29 is 0 Å². The van der Waals surface area contributed by atoms with Crippen LogP contribution in [-0.2, 0) is 0 Å². The number of hydrogen-bond donors (Lipinski definition) is 1. The Kier molecular flexibility index (Phi) is 3.67. The Morgan fingerprint density at radius 3 is 2.47 bits per heavy atom. The minimum absolute atomic E-state index is 0.408. The zero-order valence-electron chi connectivity index (χ0n) is 9.83. The van der Waals surface area contributed by atoms with Crippen LogP contribution in [0, 0.1) is 11.3 Å². The van der Waals surface area contributed by atoms with Crippen molar-refractivity contribution in [1.29, 1.82) is 5.26 Å². The standard InChI is InChI=1S/C12H18N2Si/c1-14-12(15(2,3)4)11-7-5-6-10(8-11)9-13/h5-8,12,14H,1-4H3. The lowest BCUT2D eigenvalue weighted by Crippen LogP contribution is -2.39. The third-order valence-corrected chi connectivity index (χ3v) is 4.86. The molecule has 1 aromatic rings. The summed E-state index contributed by atoms with van der Waals surface area (Å²) in [6.07, 6.45) is 0. The van der Waals surface area contributed by atoms with Gasteiger partial charge in [-0.3, -0.25) is 0 Å². The van der Waals surface area contributed by atoms with Crippen LogP contribution in [0.3, 0.4) is 0 Å².